The Labute approximate surface area is 117 Å². The Kier molecular flexibility index (Phi) is 8.43. The van der Waals surface area contributed by atoms with Crippen molar-refractivity contribution in [3.05, 3.63) is 30.6 Å². The van der Waals surface area contributed by atoms with Crippen molar-refractivity contribution in [1.82, 2.24) is 9.88 Å². The van der Waals surface area contributed by atoms with Gasteiger partial charge in [-0.15, -0.1) is 0 Å². The van der Waals surface area contributed by atoms with Gasteiger partial charge in [0, 0.05) is 25.0 Å². The zero-order valence-electron chi connectivity index (χ0n) is 12.3. The van der Waals surface area contributed by atoms with E-state index < -0.39 is 0 Å². The van der Waals surface area contributed by atoms with Crippen LogP contribution >= 0.6 is 0 Å². The molecule has 0 saturated heterocycles. The minimum absolute atomic E-state index is 0.179. The van der Waals surface area contributed by atoms with Crippen molar-refractivity contribution < 1.29 is 5.11 Å². The third-order valence-electron chi connectivity index (χ3n) is 3.56. The predicted molar refractivity (Wildman–Crippen MR) is 80.0 cm³/mol. The van der Waals surface area contributed by atoms with E-state index in [-0.39, 0.29) is 6.10 Å². The van der Waals surface area contributed by atoms with Gasteiger partial charge in [0.25, 0.3) is 0 Å². The third kappa shape index (κ3) is 7.28. The topological polar surface area (TPSA) is 36.4 Å². The summed E-state index contributed by atoms with van der Waals surface area (Å²) < 4.78 is 0. The zero-order valence-corrected chi connectivity index (χ0v) is 12.3. The van der Waals surface area contributed by atoms with Crippen LogP contribution in [-0.4, -0.2) is 40.2 Å². The first-order valence-electron chi connectivity index (χ1n) is 7.51. The summed E-state index contributed by atoms with van der Waals surface area (Å²) in [6, 6.07) is 6.46. The molecule has 1 aromatic rings. The van der Waals surface area contributed by atoms with Crippen LogP contribution in [0.25, 0.3) is 0 Å². The number of hydrogen-bond donors (Lipinski definition) is 1. The Morgan fingerprint density at radius 2 is 1.79 bits per heavy atom. The van der Waals surface area contributed by atoms with Gasteiger partial charge in [0.05, 0.1) is 6.10 Å². The second-order valence-electron chi connectivity index (χ2n) is 5.25. The van der Waals surface area contributed by atoms with E-state index in [1.807, 2.05) is 25.1 Å². The van der Waals surface area contributed by atoms with Gasteiger partial charge in [-0.2, -0.15) is 0 Å². The van der Waals surface area contributed by atoms with Gasteiger partial charge in [-0.25, -0.2) is 0 Å². The lowest BCUT2D eigenvalue weighted by Gasteiger charge is -2.34. The van der Waals surface area contributed by atoms with Crippen molar-refractivity contribution in [2.75, 3.05) is 13.1 Å². The molecule has 1 atom stereocenters. The number of aromatic nitrogens is 1. The minimum Gasteiger partial charge on any atom is -0.392 e. The van der Waals surface area contributed by atoms with Crippen molar-refractivity contribution >= 4 is 0 Å². The summed E-state index contributed by atoms with van der Waals surface area (Å²) in [5, 5.41) is 9.34. The first kappa shape index (κ1) is 16.1. The molecule has 1 aliphatic rings. The fourth-order valence-corrected chi connectivity index (χ4v) is 2.63. The first-order chi connectivity index (χ1) is 9.24. The lowest BCUT2D eigenvalue weighted by molar-refractivity contribution is 0.0867. The molecule has 0 bridgehead atoms. The van der Waals surface area contributed by atoms with Crippen molar-refractivity contribution in [2.24, 2.45) is 0 Å². The molecule has 1 saturated carbocycles. The second-order valence-corrected chi connectivity index (χ2v) is 5.25. The number of likely N-dealkylation sites (N-methyl/N-ethyl adjacent to an activating group) is 1. The van der Waals surface area contributed by atoms with Crippen LogP contribution in [0.4, 0.5) is 0 Å². The number of rotatable bonds is 4. The van der Waals surface area contributed by atoms with Crippen molar-refractivity contribution in [2.45, 2.75) is 58.1 Å². The maximum Gasteiger partial charge on any atom is 0.0639 e. The highest BCUT2D eigenvalue weighted by atomic mass is 16.3. The molecule has 1 fully saturated rings. The SMILES string of the molecule is CCN(C[C@@H](C)O)C1CCCCC1.c1ccncc1. The summed E-state index contributed by atoms with van der Waals surface area (Å²) in [5.41, 5.74) is 0. The Morgan fingerprint density at radius 1 is 1.16 bits per heavy atom. The van der Waals surface area contributed by atoms with Crippen LogP contribution in [-0.2, 0) is 0 Å². The van der Waals surface area contributed by atoms with Gasteiger partial charge in [-0.05, 0) is 38.4 Å². The molecule has 0 spiro atoms. The van der Waals surface area contributed by atoms with Crippen LogP contribution < -0.4 is 0 Å². The van der Waals surface area contributed by atoms with Crippen molar-refractivity contribution in [3.63, 3.8) is 0 Å². The molecule has 0 aromatic carbocycles. The fraction of sp³-hybridized carbons (Fsp3) is 0.688. The summed E-state index contributed by atoms with van der Waals surface area (Å²) in [7, 11) is 0. The largest absolute Gasteiger partial charge is 0.392 e. The van der Waals surface area contributed by atoms with E-state index >= 15 is 0 Å². The van der Waals surface area contributed by atoms with E-state index in [4.69, 9.17) is 0 Å². The lowest BCUT2D eigenvalue weighted by Crippen LogP contribution is -2.40. The summed E-state index contributed by atoms with van der Waals surface area (Å²) in [5.74, 6) is 0. The highest BCUT2D eigenvalue weighted by Crippen LogP contribution is 2.22. The molecular weight excluding hydrogens is 236 g/mol. The molecule has 19 heavy (non-hydrogen) atoms. The average molecular weight is 264 g/mol. The van der Waals surface area contributed by atoms with Crippen molar-refractivity contribution in [3.8, 4) is 0 Å². The number of nitrogens with zero attached hydrogens (tertiary/aromatic N) is 2. The van der Waals surface area contributed by atoms with Gasteiger partial charge in [0.15, 0.2) is 0 Å². The van der Waals surface area contributed by atoms with Gasteiger partial charge >= 0.3 is 0 Å². The van der Waals surface area contributed by atoms with Crippen LogP contribution in [0.15, 0.2) is 30.6 Å². The summed E-state index contributed by atoms with van der Waals surface area (Å²) in [4.78, 5) is 6.22. The second kappa shape index (κ2) is 9.93. The van der Waals surface area contributed by atoms with Crippen LogP contribution in [0.3, 0.4) is 0 Å². The molecule has 0 unspecified atom stereocenters. The van der Waals surface area contributed by atoms with E-state index in [1.165, 1.54) is 32.1 Å². The molecular formula is C16H28N2O. The normalized spacial score (nSPS) is 17.7. The Morgan fingerprint density at radius 3 is 2.16 bits per heavy atom. The maximum atomic E-state index is 9.34. The zero-order chi connectivity index (χ0) is 13.9. The molecule has 0 amide bonds. The average Bonchev–Trinajstić information content (AvgIpc) is 2.48. The fourth-order valence-electron chi connectivity index (χ4n) is 2.63. The maximum absolute atomic E-state index is 9.34. The van der Waals surface area contributed by atoms with E-state index in [1.54, 1.807) is 12.4 Å². The van der Waals surface area contributed by atoms with Gasteiger partial charge < -0.3 is 5.11 Å². The van der Waals surface area contributed by atoms with Crippen LogP contribution in [0.1, 0.15) is 46.0 Å². The monoisotopic (exact) mass is 264 g/mol. The summed E-state index contributed by atoms with van der Waals surface area (Å²) in [6.07, 6.45) is 10.1. The quantitative estimate of drug-likeness (QED) is 0.908. The number of aliphatic hydroxyl groups is 1. The lowest BCUT2D eigenvalue weighted by atomic mass is 9.94. The van der Waals surface area contributed by atoms with Crippen LogP contribution in [0, 0.1) is 0 Å². The molecule has 108 valence electrons. The standard InChI is InChI=1S/C11H23NO.C5H5N/c1-3-12(9-10(2)13)11-7-5-4-6-8-11;1-2-4-6-5-3-1/h10-11,13H,3-9H2,1-2H3;1-5H/t10-;/m1./s1. The third-order valence-corrected chi connectivity index (χ3v) is 3.56. The molecule has 1 N–H and O–H groups in total. The van der Waals surface area contributed by atoms with Crippen LogP contribution in [0.2, 0.25) is 0 Å². The highest BCUT2D eigenvalue weighted by molar-refractivity contribution is 4.88. The van der Waals surface area contributed by atoms with Gasteiger partial charge in [-0.3, -0.25) is 9.88 Å². The number of pyridine rings is 1. The summed E-state index contributed by atoms with van der Waals surface area (Å²) >= 11 is 0. The Hall–Kier alpha value is -0.930. The molecule has 3 heteroatoms. The molecule has 2 rings (SSSR count). The van der Waals surface area contributed by atoms with E-state index in [0.29, 0.717) is 0 Å². The number of hydrogen-bond acceptors (Lipinski definition) is 3. The van der Waals surface area contributed by atoms with Gasteiger partial charge in [0.2, 0.25) is 0 Å². The van der Waals surface area contributed by atoms with Crippen LogP contribution in [0.5, 0.6) is 0 Å². The predicted octanol–water partition coefficient (Wildman–Crippen LogP) is 3.10. The minimum atomic E-state index is -0.179. The molecule has 0 radical (unpaired) electrons. The number of aliphatic hydroxyl groups excluding tert-OH is 1. The molecule has 1 aromatic heterocycles. The van der Waals surface area contributed by atoms with E-state index in [0.717, 1.165) is 19.1 Å². The smallest absolute Gasteiger partial charge is 0.0639 e. The Bertz CT molecular complexity index is 270. The van der Waals surface area contributed by atoms with E-state index in [9.17, 15) is 5.11 Å². The van der Waals surface area contributed by atoms with Crippen molar-refractivity contribution in [1.29, 1.82) is 0 Å². The van der Waals surface area contributed by atoms with Gasteiger partial charge in [-0.1, -0.05) is 32.3 Å². The first-order valence-corrected chi connectivity index (χ1v) is 7.51. The highest BCUT2D eigenvalue weighted by Gasteiger charge is 2.20. The molecule has 1 heterocycles. The molecule has 1 aliphatic carbocycles. The molecule has 3 nitrogen and oxygen atoms in total. The van der Waals surface area contributed by atoms with Gasteiger partial charge in [0.1, 0.15) is 0 Å². The summed E-state index contributed by atoms with van der Waals surface area (Å²) in [6.45, 7) is 6.00. The molecule has 0 aliphatic heterocycles. The Balaban J connectivity index is 0.000000250. The van der Waals surface area contributed by atoms with E-state index in [2.05, 4.69) is 16.8 Å².